The van der Waals surface area contributed by atoms with Crippen molar-refractivity contribution in [2.24, 2.45) is 5.92 Å². The number of hydrogen-bond acceptors (Lipinski definition) is 3. The van der Waals surface area contributed by atoms with Gasteiger partial charge in [0.15, 0.2) is 0 Å². The van der Waals surface area contributed by atoms with Crippen molar-refractivity contribution >= 4 is 6.09 Å². The lowest BCUT2D eigenvalue weighted by Gasteiger charge is -2.26. The van der Waals surface area contributed by atoms with Gasteiger partial charge in [0.25, 0.3) is 0 Å². The van der Waals surface area contributed by atoms with E-state index in [4.69, 9.17) is 4.74 Å². The summed E-state index contributed by atoms with van der Waals surface area (Å²) in [5.41, 5.74) is 0. The van der Waals surface area contributed by atoms with Crippen LogP contribution in [-0.4, -0.2) is 43.8 Å². The predicted octanol–water partition coefficient (Wildman–Crippen LogP) is 2.39. The molecule has 1 heterocycles. The van der Waals surface area contributed by atoms with Crippen LogP contribution >= 0.6 is 0 Å². The standard InChI is InChI=1S/C14H26N2O2/c17-14(16-10-8-15-9-11-16)18-12-4-7-13-5-2-1-3-6-13/h13,15H,1-12H2. The Morgan fingerprint density at radius 1 is 1.17 bits per heavy atom. The number of nitrogens with zero attached hydrogens (tertiary/aromatic N) is 1. The van der Waals surface area contributed by atoms with Crippen LogP contribution in [-0.2, 0) is 4.74 Å². The summed E-state index contributed by atoms with van der Waals surface area (Å²) in [7, 11) is 0. The van der Waals surface area contributed by atoms with Gasteiger partial charge in [-0.1, -0.05) is 32.1 Å². The summed E-state index contributed by atoms with van der Waals surface area (Å²) >= 11 is 0. The van der Waals surface area contributed by atoms with Crippen LogP contribution in [0.1, 0.15) is 44.9 Å². The minimum Gasteiger partial charge on any atom is -0.449 e. The lowest BCUT2D eigenvalue weighted by Crippen LogP contribution is -2.46. The molecule has 1 saturated carbocycles. The number of rotatable bonds is 4. The van der Waals surface area contributed by atoms with E-state index >= 15 is 0 Å². The molecule has 0 bridgehead atoms. The van der Waals surface area contributed by atoms with E-state index in [0.717, 1.165) is 38.5 Å². The number of ether oxygens (including phenoxy) is 1. The number of carbonyl (C=O) groups is 1. The van der Waals surface area contributed by atoms with Crippen molar-refractivity contribution in [2.45, 2.75) is 44.9 Å². The van der Waals surface area contributed by atoms with Crippen molar-refractivity contribution in [1.29, 1.82) is 0 Å². The SMILES string of the molecule is O=C(OCCCC1CCCCC1)N1CCNCC1. The molecule has 0 spiro atoms. The van der Waals surface area contributed by atoms with E-state index in [1.807, 2.05) is 0 Å². The first-order valence-electron chi connectivity index (χ1n) is 7.48. The molecule has 0 radical (unpaired) electrons. The number of amides is 1. The summed E-state index contributed by atoms with van der Waals surface area (Å²) in [5, 5.41) is 3.23. The molecular formula is C14H26N2O2. The molecule has 18 heavy (non-hydrogen) atoms. The Morgan fingerprint density at radius 2 is 1.89 bits per heavy atom. The van der Waals surface area contributed by atoms with Crippen LogP contribution in [0.4, 0.5) is 4.79 Å². The largest absolute Gasteiger partial charge is 0.449 e. The summed E-state index contributed by atoms with van der Waals surface area (Å²) in [6.45, 7) is 3.93. The highest BCUT2D eigenvalue weighted by molar-refractivity contribution is 5.67. The molecule has 1 saturated heterocycles. The van der Waals surface area contributed by atoms with Crippen LogP contribution in [0.15, 0.2) is 0 Å². The van der Waals surface area contributed by atoms with E-state index in [2.05, 4.69) is 5.32 Å². The van der Waals surface area contributed by atoms with Crippen LogP contribution in [0.5, 0.6) is 0 Å². The molecule has 1 aliphatic carbocycles. The second kappa shape index (κ2) is 7.62. The Hall–Kier alpha value is -0.770. The minimum atomic E-state index is -0.125. The smallest absolute Gasteiger partial charge is 0.409 e. The summed E-state index contributed by atoms with van der Waals surface area (Å²) in [4.78, 5) is 13.5. The predicted molar refractivity (Wildman–Crippen MR) is 71.6 cm³/mol. The summed E-state index contributed by atoms with van der Waals surface area (Å²) in [6.07, 6.45) is 9.10. The summed E-state index contributed by atoms with van der Waals surface area (Å²) < 4.78 is 5.33. The molecule has 2 rings (SSSR count). The molecule has 4 nitrogen and oxygen atoms in total. The molecule has 1 N–H and O–H groups in total. The van der Waals surface area contributed by atoms with E-state index in [0.29, 0.717) is 6.61 Å². The summed E-state index contributed by atoms with van der Waals surface area (Å²) in [5.74, 6) is 0.886. The average molecular weight is 254 g/mol. The first-order valence-corrected chi connectivity index (χ1v) is 7.48. The second-order valence-corrected chi connectivity index (χ2v) is 5.50. The van der Waals surface area contributed by atoms with Crippen LogP contribution in [0, 0.1) is 5.92 Å². The fourth-order valence-electron chi connectivity index (χ4n) is 2.95. The lowest BCUT2D eigenvalue weighted by atomic mass is 9.86. The highest BCUT2D eigenvalue weighted by atomic mass is 16.6. The fraction of sp³-hybridized carbons (Fsp3) is 0.929. The van der Waals surface area contributed by atoms with Crippen molar-refractivity contribution in [2.75, 3.05) is 32.8 Å². The minimum absolute atomic E-state index is 0.125. The highest BCUT2D eigenvalue weighted by Gasteiger charge is 2.17. The van der Waals surface area contributed by atoms with E-state index in [1.165, 1.54) is 38.5 Å². The van der Waals surface area contributed by atoms with Gasteiger partial charge in [-0.15, -0.1) is 0 Å². The number of carbonyl (C=O) groups excluding carboxylic acids is 1. The van der Waals surface area contributed by atoms with Gasteiger partial charge in [0.2, 0.25) is 0 Å². The molecule has 4 heteroatoms. The zero-order valence-electron chi connectivity index (χ0n) is 11.3. The maximum atomic E-state index is 11.7. The van der Waals surface area contributed by atoms with Crippen LogP contribution in [0.25, 0.3) is 0 Å². The Labute approximate surface area is 110 Å². The van der Waals surface area contributed by atoms with Gasteiger partial charge in [0.1, 0.15) is 0 Å². The maximum Gasteiger partial charge on any atom is 0.409 e. The first kappa shape index (κ1) is 13.7. The van der Waals surface area contributed by atoms with Crippen LogP contribution in [0.2, 0.25) is 0 Å². The van der Waals surface area contributed by atoms with Crippen molar-refractivity contribution in [3.05, 3.63) is 0 Å². The number of piperazine rings is 1. The summed E-state index contributed by atoms with van der Waals surface area (Å²) in [6, 6.07) is 0. The molecule has 104 valence electrons. The molecule has 0 aromatic heterocycles. The van der Waals surface area contributed by atoms with Gasteiger partial charge in [-0.05, 0) is 18.8 Å². The number of hydrogen-bond donors (Lipinski definition) is 1. The van der Waals surface area contributed by atoms with Crippen molar-refractivity contribution in [3.8, 4) is 0 Å². The van der Waals surface area contributed by atoms with Gasteiger partial charge in [-0.3, -0.25) is 0 Å². The van der Waals surface area contributed by atoms with Gasteiger partial charge in [-0.2, -0.15) is 0 Å². The van der Waals surface area contributed by atoms with Gasteiger partial charge in [0.05, 0.1) is 6.61 Å². The average Bonchev–Trinajstić information content (AvgIpc) is 2.45. The van der Waals surface area contributed by atoms with E-state index in [1.54, 1.807) is 4.90 Å². The van der Waals surface area contributed by atoms with E-state index in [-0.39, 0.29) is 6.09 Å². The topological polar surface area (TPSA) is 41.6 Å². The van der Waals surface area contributed by atoms with Crippen molar-refractivity contribution in [1.82, 2.24) is 10.2 Å². The normalized spacial score (nSPS) is 21.9. The Morgan fingerprint density at radius 3 is 2.61 bits per heavy atom. The van der Waals surface area contributed by atoms with Crippen molar-refractivity contribution in [3.63, 3.8) is 0 Å². The zero-order valence-corrected chi connectivity index (χ0v) is 11.3. The molecule has 1 amide bonds. The monoisotopic (exact) mass is 254 g/mol. The van der Waals surface area contributed by atoms with Crippen LogP contribution in [0.3, 0.4) is 0 Å². The Balaban J connectivity index is 1.52. The third-order valence-corrected chi connectivity index (χ3v) is 4.08. The van der Waals surface area contributed by atoms with Gasteiger partial charge in [-0.25, -0.2) is 4.79 Å². The third-order valence-electron chi connectivity index (χ3n) is 4.08. The molecule has 0 aromatic carbocycles. The maximum absolute atomic E-state index is 11.7. The molecule has 0 unspecified atom stereocenters. The molecule has 0 atom stereocenters. The zero-order chi connectivity index (χ0) is 12.6. The number of nitrogens with one attached hydrogen (secondary N) is 1. The molecule has 0 aromatic rings. The van der Waals surface area contributed by atoms with Gasteiger partial charge < -0.3 is 15.0 Å². The third kappa shape index (κ3) is 4.48. The molecule has 1 aliphatic heterocycles. The second-order valence-electron chi connectivity index (χ2n) is 5.50. The van der Waals surface area contributed by atoms with E-state index < -0.39 is 0 Å². The van der Waals surface area contributed by atoms with Gasteiger partial charge in [0, 0.05) is 26.2 Å². The lowest BCUT2D eigenvalue weighted by molar-refractivity contribution is 0.0943. The Bertz CT molecular complexity index is 246. The van der Waals surface area contributed by atoms with Crippen molar-refractivity contribution < 1.29 is 9.53 Å². The first-order chi connectivity index (χ1) is 8.86. The Kier molecular flexibility index (Phi) is 5.78. The quantitative estimate of drug-likeness (QED) is 0.783. The van der Waals surface area contributed by atoms with Crippen LogP contribution < -0.4 is 5.32 Å². The molecule has 2 aliphatic rings. The highest BCUT2D eigenvalue weighted by Crippen LogP contribution is 2.27. The molecule has 2 fully saturated rings. The molecular weight excluding hydrogens is 228 g/mol. The van der Waals surface area contributed by atoms with Gasteiger partial charge >= 0.3 is 6.09 Å². The van der Waals surface area contributed by atoms with E-state index in [9.17, 15) is 4.79 Å². The fourth-order valence-corrected chi connectivity index (χ4v) is 2.95.